The molecule has 0 saturated heterocycles. The van der Waals surface area contributed by atoms with E-state index in [2.05, 4.69) is 28.1 Å². The van der Waals surface area contributed by atoms with Gasteiger partial charge in [0, 0.05) is 6.42 Å². The van der Waals surface area contributed by atoms with Gasteiger partial charge in [-0.25, -0.2) is 4.98 Å². The van der Waals surface area contributed by atoms with E-state index < -0.39 is 0 Å². The van der Waals surface area contributed by atoms with Gasteiger partial charge in [-0.3, -0.25) is 4.98 Å². The Morgan fingerprint density at radius 2 is 2.11 bits per heavy atom. The number of rotatable bonds is 5. The third-order valence-electron chi connectivity index (χ3n) is 2.85. The van der Waals surface area contributed by atoms with E-state index in [-0.39, 0.29) is 6.04 Å². The second-order valence-electron chi connectivity index (χ2n) is 4.14. The largest absolute Gasteiger partial charge is 0.309 e. The molecule has 18 heavy (non-hydrogen) atoms. The van der Waals surface area contributed by atoms with E-state index in [1.54, 1.807) is 0 Å². The molecular weight excluding hydrogens is 222 g/mol. The molecule has 92 valence electrons. The molecule has 0 fully saturated rings. The number of nitrogens with one attached hydrogen (secondary N) is 1. The summed E-state index contributed by atoms with van der Waals surface area (Å²) in [5.41, 5.74) is 2.82. The van der Waals surface area contributed by atoms with Crippen LogP contribution in [0.15, 0.2) is 30.5 Å². The lowest BCUT2D eigenvalue weighted by atomic mass is 10.1. The molecule has 0 spiro atoms. The van der Waals surface area contributed by atoms with Crippen molar-refractivity contribution in [1.82, 2.24) is 15.3 Å². The van der Waals surface area contributed by atoms with Gasteiger partial charge in [-0.05, 0) is 25.1 Å². The second-order valence-corrected chi connectivity index (χ2v) is 4.14. The summed E-state index contributed by atoms with van der Waals surface area (Å²) in [6, 6.07) is 8.08. The summed E-state index contributed by atoms with van der Waals surface area (Å²) < 4.78 is 0. The second kappa shape index (κ2) is 6.13. The summed E-state index contributed by atoms with van der Waals surface area (Å²) in [5.74, 6) is 2.68. The zero-order valence-corrected chi connectivity index (χ0v) is 10.6. The van der Waals surface area contributed by atoms with E-state index in [0.29, 0.717) is 0 Å². The summed E-state index contributed by atoms with van der Waals surface area (Å²) in [7, 11) is 0. The van der Waals surface area contributed by atoms with E-state index in [4.69, 9.17) is 6.42 Å². The molecule has 1 heterocycles. The van der Waals surface area contributed by atoms with Gasteiger partial charge in [0.25, 0.3) is 0 Å². The van der Waals surface area contributed by atoms with Crippen molar-refractivity contribution in [3.8, 4) is 12.3 Å². The minimum absolute atomic E-state index is 0.183. The van der Waals surface area contributed by atoms with Crippen LogP contribution in [-0.2, 0) is 0 Å². The summed E-state index contributed by atoms with van der Waals surface area (Å²) in [4.78, 5) is 9.09. The van der Waals surface area contributed by atoms with Crippen LogP contribution in [0.25, 0.3) is 11.0 Å². The molecular formula is C15H17N3. The van der Waals surface area contributed by atoms with Crippen LogP contribution in [0.3, 0.4) is 0 Å². The molecule has 2 aromatic rings. The highest BCUT2D eigenvalue weighted by molar-refractivity contribution is 5.73. The maximum absolute atomic E-state index is 5.33. The fraction of sp³-hybridized carbons (Fsp3) is 0.333. The molecule has 2 rings (SSSR count). The minimum atomic E-state index is 0.183. The van der Waals surface area contributed by atoms with Gasteiger partial charge in [0.2, 0.25) is 0 Å². The number of nitrogens with zero attached hydrogens (tertiary/aromatic N) is 2. The molecule has 0 aliphatic carbocycles. The number of aromatic nitrogens is 2. The van der Waals surface area contributed by atoms with Gasteiger partial charge >= 0.3 is 0 Å². The maximum atomic E-state index is 5.33. The number of terminal acetylenes is 1. The Balaban J connectivity index is 2.29. The third kappa shape index (κ3) is 2.85. The number of fused-ring (bicyclic) bond motifs is 1. The van der Waals surface area contributed by atoms with E-state index in [1.165, 1.54) is 0 Å². The quantitative estimate of drug-likeness (QED) is 0.815. The first-order valence-electron chi connectivity index (χ1n) is 6.23. The molecule has 0 bridgehead atoms. The van der Waals surface area contributed by atoms with Gasteiger partial charge in [0.15, 0.2) is 0 Å². The normalized spacial score (nSPS) is 12.2. The number of benzene rings is 1. The van der Waals surface area contributed by atoms with E-state index in [9.17, 15) is 0 Å². The van der Waals surface area contributed by atoms with Crippen LogP contribution < -0.4 is 5.32 Å². The predicted octanol–water partition coefficient (Wildman–Crippen LogP) is 2.69. The average Bonchev–Trinajstić information content (AvgIpc) is 2.43. The molecule has 3 nitrogen and oxygen atoms in total. The van der Waals surface area contributed by atoms with Crippen LogP contribution in [-0.4, -0.2) is 16.5 Å². The van der Waals surface area contributed by atoms with Crippen LogP contribution in [0.2, 0.25) is 0 Å². The van der Waals surface area contributed by atoms with Crippen molar-refractivity contribution in [3.05, 3.63) is 36.2 Å². The summed E-state index contributed by atoms with van der Waals surface area (Å²) >= 11 is 0. The predicted molar refractivity (Wildman–Crippen MR) is 74.0 cm³/mol. The zero-order chi connectivity index (χ0) is 12.8. The van der Waals surface area contributed by atoms with Crippen LogP contribution >= 0.6 is 0 Å². The van der Waals surface area contributed by atoms with Gasteiger partial charge in [-0.1, -0.05) is 19.1 Å². The Morgan fingerprint density at radius 1 is 1.33 bits per heavy atom. The van der Waals surface area contributed by atoms with Crippen molar-refractivity contribution in [2.75, 3.05) is 6.54 Å². The first-order chi connectivity index (χ1) is 8.85. The molecule has 1 aromatic carbocycles. The number of hydrogen-bond acceptors (Lipinski definition) is 3. The highest BCUT2D eigenvalue weighted by Gasteiger charge is 2.12. The number of hydrogen-bond donors (Lipinski definition) is 1. The van der Waals surface area contributed by atoms with Crippen LogP contribution in [0.5, 0.6) is 0 Å². The van der Waals surface area contributed by atoms with E-state index in [1.807, 2.05) is 30.5 Å². The molecule has 0 radical (unpaired) electrons. The lowest BCUT2D eigenvalue weighted by molar-refractivity contribution is 0.510. The van der Waals surface area contributed by atoms with Gasteiger partial charge in [-0.2, -0.15) is 0 Å². The molecule has 0 saturated carbocycles. The van der Waals surface area contributed by atoms with Crippen molar-refractivity contribution < 1.29 is 0 Å². The molecule has 0 amide bonds. The van der Waals surface area contributed by atoms with Crippen molar-refractivity contribution >= 4 is 11.0 Å². The van der Waals surface area contributed by atoms with Crippen LogP contribution in [0, 0.1) is 12.3 Å². The van der Waals surface area contributed by atoms with Crippen molar-refractivity contribution in [1.29, 1.82) is 0 Å². The highest BCUT2D eigenvalue weighted by Crippen LogP contribution is 2.18. The molecule has 1 unspecified atom stereocenters. The van der Waals surface area contributed by atoms with E-state index in [0.717, 1.165) is 36.1 Å². The van der Waals surface area contributed by atoms with Gasteiger partial charge in [0.1, 0.15) is 0 Å². The Hall–Kier alpha value is -1.92. The van der Waals surface area contributed by atoms with Crippen molar-refractivity contribution in [3.63, 3.8) is 0 Å². The standard InChI is InChI=1S/C15H17N3/c1-3-5-8-13(16-4-2)15-11-17-12-9-6-7-10-14(12)18-15/h1,6-7,9-11,13,16H,4-5,8H2,2H3. The maximum Gasteiger partial charge on any atom is 0.0890 e. The Labute approximate surface area is 108 Å². The molecule has 0 aliphatic heterocycles. The smallest absolute Gasteiger partial charge is 0.0890 e. The van der Waals surface area contributed by atoms with Gasteiger partial charge in [0.05, 0.1) is 29.0 Å². The summed E-state index contributed by atoms with van der Waals surface area (Å²) in [6.45, 7) is 2.97. The Morgan fingerprint density at radius 3 is 2.83 bits per heavy atom. The molecule has 1 N–H and O–H groups in total. The van der Waals surface area contributed by atoms with E-state index >= 15 is 0 Å². The highest BCUT2D eigenvalue weighted by atomic mass is 14.9. The SMILES string of the molecule is C#CCCC(NCC)c1cnc2ccccc2n1. The Bertz CT molecular complexity index is 557. The van der Waals surface area contributed by atoms with Crippen molar-refractivity contribution in [2.24, 2.45) is 0 Å². The topological polar surface area (TPSA) is 37.8 Å². The first kappa shape index (κ1) is 12.5. The third-order valence-corrected chi connectivity index (χ3v) is 2.85. The van der Waals surface area contributed by atoms with Crippen LogP contribution in [0.4, 0.5) is 0 Å². The lowest BCUT2D eigenvalue weighted by Crippen LogP contribution is -2.22. The fourth-order valence-electron chi connectivity index (χ4n) is 1.97. The summed E-state index contributed by atoms with van der Waals surface area (Å²) in [6.07, 6.45) is 8.80. The average molecular weight is 239 g/mol. The monoisotopic (exact) mass is 239 g/mol. The fourth-order valence-corrected chi connectivity index (χ4v) is 1.97. The van der Waals surface area contributed by atoms with Gasteiger partial charge < -0.3 is 5.32 Å². The minimum Gasteiger partial charge on any atom is -0.309 e. The first-order valence-corrected chi connectivity index (χ1v) is 6.23. The van der Waals surface area contributed by atoms with Gasteiger partial charge in [-0.15, -0.1) is 12.3 Å². The van der Waals surface area contributed by atoms with Crippen molar-refractivity contribution in [2.45, 2.75) is 25.8 Å². The summed E-state index contributed by atoms with van der Waals surface area (Å²) in [5, 5.41) is 3.40. The zero-order valence-electron chi connectivity index (χ0n) is 10.6. The van der Waals surface area contributed by atoms with Crippen LogP contribution in [0.1, 0.15) is 31.5 Å². The molecule has 1 atom stereocenters. The molecule has 1 aromatic heterocycles. The molecule has 3 heteroatoms. The Kier molecular flexibility index (Phi) is 4.27. The lowest BCUT2D eigenvalue weighted by Gasteiger charge is -2.16. The number of para-hydroxylation sites is 2. The molecule has 0 aliphatic rings.